The predicted octanol–water partition coefficient (Wildman–Crippen LogP) is 6.30. The average Bonchev–Trinajstić information content (AvgIpc) is 4.14. The maximum absolute atomic E-state index is 13.8. The van der Waals surface area contributed by atoms with Crippen LogP contribution in [0, 0.1) is 6.92 Å². The van der Waals surface area contributed by atoms with Crippen LogP contribution in [0.1, 0.15) is 92.2 Å². The summed E-state index contributed by atoms with van der Waals surface area (Å²) < 4.78 is 126. The number of methoxy groups -OCH3 is 4. The molecule has 0 radical (unpaired) electrons. The van der Waals surface area contributed by atoms with Crippen molar-refractivity contribution in [3.8, 4) is 46.0 Å². The molecule has 0 saturated heterocycles. The second kappa shape index (κ2) is 24.1. The molecule has 0 aliphatic carbocycles. The van der Waals surface area contributed by atoms with Gasteiger partial charge in [0.05, 0.1) is 54.9 Å². The molecule has 8 aromatic rings. The Morgan fingerprint density at radius 1 is 0.429 bits per heavy atom. The van der Waals surface area contributed by atoms with Gasteiger partial charge in [-0.2, -0.15) is 0 Å². The van der Waals surface area contributed by atoms with E-state index in [-0.39, 0.29) is 175 Å². The average molecular weight is 1100 g/mol. The molecule has 0 amide bonds. The van der Waals surface area contributed by atoms with Gasteiger partial charge >= 0.3 is 53.4 Å². The topological polar surface area (TPSA) is 289 Å². The molecule has 4 aromatic carbocycles. The van der Waals surface area contributed by atoms with Crippen molar-refractivity contribution >= 4 is 78.2 Å². The largest absolute Gasteiger partial charge is 1.00 e. The Morgan fingerprint density at radius 2 is 0.701 bits per heavy atom. The smallest absolute Gasteiger partial charge is 0.716 e. The van der Waals surface area contributed by atoms with Crippen LogP contribution in [-0.4, -0.2) is 91.7 Å². The van der Waals surface area contributed by atoms with Crippen molar-refractivity contribution in [3.05, 3.63) is 93.8 Å². The fraction of sp³-hybridized carbons (Fsp3) is 0.308. The van der Waals surface area contributed by atoms with Crippen LogP contribution in [0.5, 0.6) is 46.0 Å². The first-order valence-electron chi connectivity index (χ1n) is 23.2. The molecule has 8 rings (SSSR count). The first-order chi connectivity index (χ1) is 36.5. The summed E-state index contributed by atoms with van der Waals surface area (Å²) in [7, 11) is 0.127. The summed E-state index contributed by atoms with van der Waals surface area (Å²) in [4.78, 5) is 53.7. The summed E-state index contributed by atoms with van der Waals surface area (Å²) in [5.41, 5.74) is 0.750. The normalized spacial score (nSPS) is 11.3. The number of rotatable bonds is 23. The Hall–Kier alpha value is -7.77. The van der Waals surface area contributed by atoms with Crippen molar-refractivity contribution in [1.29, 1.82) is 0 Å². The van der Waals surface area contributed by atoms with E-state index in [2.05, 4.69) is 4.18 Å². The van der Waals surface area contributed by atoms with Crippen LogP contribution in [-0.2, 0) is 49.2 Å². The van der Waals surface area contributed by atoms with Gasteiger partial charge in [-0.05, 0) is 58.9 Å². The number of carbonyl (C=O) groups excluding carboxylic acids is 4. The van der Waals surface area contributed by atoms with Crippen molar-refractivity contribution in [3.63, 3.8) is 0 Å². The Kier molecular flexibility index (Phi) is 17.8. The minimum atomic E-state index is -5.26. The first kappa shape index (κ1) is 56.9. The molecule has 0 bridgehead atoms. The molecule has 0 aliphatic rings. The van der Waals surface area contributed by atoms with Gasteiger partial charge in [-0.25, -0.2) is 27.6 Å². The number of carbonyl (C=O) groups is 4. The Bertz CT molecular complexity index is 3650. The third kappa shape index (κ3) is 11.7. The van der Waals surface area contributed by atoms with E-state index in [0.717, 1.165) is 6.07 Å². The second-order valence-corrected chi connectivity index (χ2v) is 17.0. The number of benzene rings is 4. The van der Waals surface area contributed by atoms with E-state index in [4.69, 9.17) is 69.8 Å². The van der Waals surface area contributed by atoms with Crippen LogP contribution < -0.4 is 66.9 Å². The number of furan rings is 4. The number of fused-ring (bicyclic) bond motifs is 4. The second-order valence-electron chi connectivity index (χ2n) is 16.0. The van der Waals surface area contributed by atoms with E-state index < -0.39 is 53.2 Å². The molecule has 4 aromatic heterocycles. The Morgan fingerprint density at radius 3 is 1.00 bits per heavy atom. The third-order valence-electron chi connectivity index (χ3n) is 11.5. The fourth-order valence-electron chi connectivity index (χ4n) is 8.32. The Labute approximate surface area is 460 Å². The number of ether oxygens (including phenoxy) is 11. The number of hydrogen-bond acceptors (Lipinski definition) is 23. The fourth-order valence-corrected chi connectivity index (χ4v) is 8.67. The van der Waals surface area contributed by atoms with Gasteiger partial charge in [-0.3, -0.25) is 0 Å². The van der Waals surface area contributed by atoms with Crippen molar-refractivity contribution < 1.29 is 136 Å². The molecular formula is C52H49NaO23S. The summed E-state index contributed by atoms with van der Waals surface area (Å²) in [6, 6.07) is 11.3. The quantitative estimate of drug-likeness (QED) is 0.0223. The van der Waals surface area contributed by atoms with Crippen molar-refractivity contribution in [2.45, 2.75) is 54.4 Å². The van der Waals surface area contributed by atoms with Crippen molar-refractivity contribution in [2.24, 2.45) is 0 Å². The zero-order chi connectivity index (χ0) is 54.6. The van der Waals surface area contributed by atoms with E-state index in [9.17, 15) is 32.1 Å². The molecule has 0 saturated carbocycles. The van der Waals surface area contributed by atoms with E-state index in [0.29, 0.717) is 16.7 Å². The van der Waals surface area contributed by atoms with Crippen LogP contribution in [0.15, 0.2) is 66.2 Å². The maximum atomic E-state index is 13.8. The monoisotopic (exact) mass is 1100 g/mol. The molecule has 23 nitrogen and oxygen atoms in total. The van der Waals surface area contributed by atoms with Gasteiger partial charge in [0.1, 0.15) is 70.2 Å². The van der Waals surface area contributed by atoms with Crippen molar-refractivity contribution in [1.82, 2.24) is 0 Å². The SMILES string of the molecule is CCOC(=O)c1c(C)oc2cc(OC)c(OCc3oc4cc(OC)c(OCc5oc6cc(OC)c(OCc7oc8cc(OC)c(OS(=O)(=O)[O-])cc8c7C(=O)OCC)cc6c5C(=O)OCC)cc4c3C(=O)OCC)cc12.[Na+]. The zero-order valence-corrected chi connectivity index (χ0v) is 46.2. The number of hydrogen-bond donors (Lipinski definition) is 0. The predicted molar refractivity (Wildman–Crippen MR) is 263 cm³/mol. The molecule has 0 spiro atoms. The minimum absolute atomic E-state index is 0. The molecule has 25 heteroatoms. The van der Waals surface area contributed by atoms with Gasteiger partial charge in [0.15, 0.2) is 63.3 Å². The molecule has 402 valence electrons. The standard InChI is InChI=1S/C52H50O23S.Na/c1-10-64-49(53)45-25(5)71-30-18-34(60-6)38(14-26(30)45)68-22-42-46(50(54)65-11-2)27-15-39(35(61-7)19-31(27)72-42)69-23-43-47(51(55)66-12-3)28-16-40(36(62-8)20-32(28)73-43)70-24-44-48(52(56)67-13-4)29-17-41(75-76(57,58)59)37(63-9)21-33(29)74-44;/h14-21H,10-13,22-24H2,1-9H3,(H,57,58,59);/q;+1/p-1. The van der Waals surface area contributed by atoms with E-state index in [1.54, 1.807) is 46.8 Å². The van der Waals surface area contributed by atoms with Gasteiger partial charge in [0.2, 0.25) is 0 Å². The van der Waals surface area contributed by atoms with Crippen LogP contribution in [0.25, 0.3) is 43.9 Å². The minimum Gasteiger partial charge on any atom is -0.716 e. The van der Waals surface area contributed by atoms with Gasteiger partial charge in [-0.1, -0.05) is 0 Å². The van der Waals surface area contributed by atoms with Crippen LogP contribution in [0.2, 0.25) is 0 Å². The van der Waals surface area contributed by atoms with Crippen LogP contribution >= 0.6 is 0 Å². The van der Waals surface area contributed by atoms with E-state index in [1.807, 2.05) is 0 Å². The van der Waals surface area contributed by atoms with E-state index in [1.165, 1.54) is 58.8 Å². The number of esters is 4. The van der Waals surface area contributed by atoms with E-state index >= 15 is 0 Å². The molecule has 0 unspecified atom stereocenters. The number of aryl methyl sites for hydroxylation is 1. The molecule has 77 heavy (non-hydrogen) atoms. The van der Waals surface area contributed by atoms with Gasteiger partial charge in [0, 0.05) is 45.8 Å². The van der Waals surface area contributed by atoms with Gasteiger partial charge < -0.3 is 78.5 Å². The molecule has 4 heterocycles. The van der Waals surface area contributed by atoms with Crippen molar-refractivity contribution in [2.75, 3.05) is 54.9 Å². The maximum Gasteiger partial charge on any atom is 1.00 e. The third-order valence-corrected chi connectivity index (χ3v) is 11.9. The van der Waals surface area contributed by atoms with Crippen LogP contribution in [0.4, 0.5) is 0 Å². The first-order valence-corrected chi connectivity index (χ1v) is 24.6. The summed E-state index contributed by atoms with van der Waals surface area (Å²) in [5.74, 6) is -2.49. The van der Waals surface area contributed by atoms with Crippen LogP contribution in [0.3, 0.4) is 0 Å². The molecule has 0 aliphatic heterocycles. The molecule has 0 fully saturated rings. The van der Waals surface area contributed by atoms with Gasteiger partial charge in [-0.15, -0.1) is 0 Å². The molecular weight excluding hydrogens is 1050 g/mol. The summed E-state index contributed by atoms with van der Waals surface area (Å²) >= 11 is 0. The zero-order valence-electron chi connectivity index (χ0n) is 43.4. The molecule has 0 N–H and O–H groups in total. The van der Waals surface area contributed by atoms with Gasteiger partial charge in [0.25, 0.3) is 10.4 Å². The summed E-state index contributed by atoms with van der Waals surface area (Å²) in [6.07, 6.45) is 0. The summed E-state index contributed by atoms with van der Waals surface area (Å²) in [5, 5.41) is 0.891. The molecule has 0 atom stereocenters. The summed E-state index contributed by atoms with van der Waals surface area (Å²) in [6.45, 7) is 7.09. The Balaban J connectivity index is 0.00000861.